The van der Waals surface area contributed by atoms with Gasteiger partial charge in [-0.3, -0.25) is 0 Å². The summed E-state index contributed by atoms with van der Waals surface area (Å²) in [7, 11) is -3.37. The molecule has 5 heteroatoms. The second-order valence-corrected chi connectivity index (χ2v) is 8.24. The van der Waals surface area contributed by atoms with Gasteiger partial charge in [-0.25, -0.2) is 8.42 Å². The lowest BCUT2D eigenvalue weighted by Crippen LogP contribution is -2.33. The summed E-state index contributed by atoms with van der Waals surface area (Å²) < 4.78 is 27.4. The van der Waals surface area contributed by atoms with Gasteiger partial charge in [0.15, 0.2) is 0 Å². The lowest BCUT2D eigenvalue weighted by molar-refractivity contribution is 0.395. The van der Waals surface area contributed by atoms with Crippen LogP contribution in [0.1, 0.15) is 52.4 Å². The van der Waals surface area contributed by atoms with E-state index in [1.807, 2.05) is 12.1 Å². The van der Waals surface area contributed by atoms with Crippen LogP contribution in [-0.4, -0.2) is 38.9 Å². The fourth-order valence-electron chi connectivity index (χ4n) is 2.97. The zero-order chi connectivity index (χ0) is 16.7. The standard InChI is InChI=1S/C18H30N2O2S/c1-3-5-15-20(16-6-4-2)23(21,22)18-11-9-17(10-12-18)19-13-7-8-14-19/h9-12H,3-8,13-16H2,1-2H3. The number of hydrogen-bond donors (Lipinski definition) is 0. The van der Waals surface area contributed by atoms with Gasteiger partial charge in [-0.05, 0) is 49.9 Å². The number of sulfonamides is 1. The van der Waals surface area contributed by atoms with E-state index in [4.69, 9.17) is 0 Å². The molecule has 1 aliphatic heterocycles. The largest absolute Gasteiger partial charge is 0.372 e. The van der Waals surface area contributed by atoms with Crippen molar-refractivity contribution in [3.63, 3.8) is 0 Å². The summed E-state index contributed by atoms with van der Waals surface area (Å²) >= 11 is 0. The van der Waals surface area contributed by atoms with Gasteiger partial charge < -0.3 is 4.90 Å². The van der Waals surface area contributed by atoms with Crippen molar-refractivity contribution >= 4 is 15.7 Å². The third-order valence-electron chi connectivity index (χ3n) is 4.47. The molecule has 2 rings (SSSR count). The predicted octanol–water partition coefficient (Wildman–Crippen LogP) is 3.88. The number of benzene rings is 1. The molecule has 1 saturated heterocycles. The molecular weight excluding hydrogens is 308 g/mol. The summed E-state index contributed by atoms with van der Waals surface area (Å²) in [6.45, 7) is 7.57. The van der Waals surface area contributed by atoms with Crippen LogP contribution in [0.2, 0.25) is 0 Å². The van der Waals surface area contributed by atoms with Crippen molar-refractivity contribution in [1.29, 1.82) is 0 Å². The third kappa shape index (κ3) is 4.70. The summed E-state index contributed by atoms with van der Waals surface area (Å²) in [5.41, 5.74) is 1.13. The molecule has 0 amide bonds. The van der Waals surface area contributed by atoms with E-state index in [0.29, 0.717) is 18.0 Å². The maximum absolute atomic E-state index is 12.9. The summed E-state index contributed by atoms with van der Waals surface area (Å²) in [5, 5.41) is 0. The molecule has 0 N–H and O–H groups in total. The molecule has 0 saturated carbocycles. The van der Waals surface area contributed by atoms with E-state index in [1.54, 1.807) is 16.4 Å². The molecule has 130 valence electrons. The minimum atomic E-state index is -3.37. The molecule has 4 nitrogen and oxygen atoms in total. The molecule has 1 heterocycles. The molecule has 1 aromatic rings. The van der Waals surface area contributed by atoms with Crippen LogP contribution in [0.15, 0.2) is 29.2 Å². The van der Waals surface area contributed by atoms with Crippen molar-refractivity contribution in [2.75, 3.05) is 31.1 Å². The first-order valence-electron chi connectivity index (χ1n) is 8.94. The van der Waals surface area contributed by atoms with Crippen molar-refractivity contribution in [1.82, 2.24) is 4.31 Å². The van der Waals surface area contributed by atoms with Crippen molar-refractivity contribution < 1.29 is 8.42 Å². The summed E-state index contributed by atoms with van der Waals surface area (Å²) in [4.78, 5) is 2.75. The SMILES string of the molecule is CCCCN(CCCC)S(=O)(=O)c1ccc(N2CCCC2)cc1. The van der Waals surface area contributed by atoms with Crippen LogP contribution in [0, 0.1) is 0 Å². The van der Waals surface area contributed by atoms with Crippen molar-refractivity contribution in [3.05, 3.63) is 24.3 Å². The second-order valence-electron chi connectivity index (χ2n) is 6.30. The van der Waals surface area contributed by atoms with Gasteiger partial charge in [-0.1, -0.05) is 26.7 Å². The van der Waals surface area contributed by atoms with E-state index in [1.165, 1.54) is 12.8 Å². The van der Waals surface area contributed by atoms with Crippen molar-refractivity contribution in [2.24, 2.45) is 0 Å². The molecule has 0 spiro atoms. The Morgan fingerprint density at radius 3 is 1.96 bits per heavy atom. The Bertz CT molecular complexity index is 555. The molecule has 0 radical (unpaired) electrons. The molecule has 0 unspecified atom stereocenters. The Morgan fingerprint density at radius 2 is 1.48 bits per heavy atom. The van der Waals surface area contributed by atoms with Crippen LogP contribution in [0.5, 0.6) is 0 Å². The Kier molecular flexibility index (Phi) is 6.90. The van der Waals surface area contributed by atoms with Gasteiger partial charge in [-0.15, -0.1) is 0 Å². The third-order valence-corrected chi connectivity index (χ3v) is 6.38. The number of anilines is 1. The topological polar surface area (TPSA) is 40.6 Å². The molecular formula is C18H30N2O2S. The lowest BCUT2D eigenvalue weighted by atomic mass is 10.3. The zero-order valence-electron chi connectivity index (χ0n) is 14.5. The average Bonchev–Trinajstić information content (AvgIpc) is 3.09. The van der Waals surface area contributed by atoms with Crippen LogP contribution >= 0.6 is 0 Å². The van der Waals surface area contributed by atoms with Crippen LogP contribution < -0.4 is 4.90 Å². The first-order chi connectivity index (χ1) is 11.1. The monoisotopic (exact) mass is 338 g/mol. The fraction of sp³-hybridized carbons (Fsp3) is 0.667. The zero-order valence-corrected chi connectivity index (χ0v) is 15.3. The average molecular weight is 339 g/mol. The Hall–Kier alpha value is -1.07. The Balaban J connectivity index is 2.14. The summed E-state index contributed by atoms with van der Waals surface area (Å²) in [6, 6.07) is 7.45. The van der Waals surface area contributed by atoms with E-state index < -0.39 is 10.0 Å². The van der Waals surface area contributed by atoms with E-state index >= 15 is 0 Å². The lowest BCUT2D eigenvalue weighted by Gasteiger charge is -2.23. The summed E-state index contributed by atoms with van der Waals surface area (Å²) in [6.07, 6.45) is 6.28. The van der Waals surface area contributed by atoms with Crippen molar-refractivity contribution in [3.8, 4) is 0 Å². The smallest absolute Gasteiger partial charge is 0.243 e. The van der Waals surface area contributed by atoms with Gasteiger partial charge in [-0.2, -0.15) is 4.31 Å². The van der Waals surface area contributed by atoms with Gasteiger partial charge in [0.25, 0.3) is 0 Å². The molecule has 0 aliphatic carbocycles. The van der Waals surface area contributed by atoms with E-state index in [-0.39, 0.29) is 0 Å². The first kappa shape index (κ1) is 18.3. The molecule has 0 aromatic heterocycles. The van der Waals surface area contributed by atoms with E-state index in [9.17, 15) is 8.42 Å². The number of unbranched alkanes of at least 4 members (excludes halogenated alkanes) is 2. The Morgan fingerprint density at radius 1 is 0.957 bits per heavy atom. The highest BCUT2D eigenvalue weighted by Gasteiger charge is 2.23. The maximum Gasteiger partial charge on any atom is 0.243 e. The summed E-state index contributed by atoms with van der Waals surface area (Å²) in [5.74, 6) is 0. The fourth-order valence-corrected chi connectivity index (χ4v) is 4.49. The minimum absolute atomic E-state index is 0.424. The van der Waals surface area contributed by atoms with Gasteiger partial charge >= 0.3 is 0 Å². The number of nitrogens with zero attached hydrogens (tertiary/aromatic N) is 2. The normalized spacial score (nSPS) is 15.5. The highest BCUT2D eigenvalue weighted by atomic mass is 32.2. The minimum Gasteiger partial charge on any atom is -0.372 e. The Labute approximate surface area is 141 Å². The molecule has 1 fully saturated rings. The highest BCUT2D eigenvalue weighted by Crippen LogP contribution is 2.24. The van der Waals surface area contributed by atoms with Crippen LogP contribution in [0.4, 0.5) is 5.69 Å². The van der Waals surface area contributed by atoms with E-state index in [2.05, 4.69) is 18.7 Å². The van der Waals surface area contributed by atoms with Crippen molar-refractivity contribution in [2.45, 2.75) is 57.3 Å². The van der Waals surface area contributed by atoms with Gasteiger partial charge in [0.2, 0.25) is 10.0 Å². The van der Waals surface area contributed by atoms with Crippen LogP contribution in [-0.2, 0) is 10.0 Å². The number of hydrogen-bond acceptors (Lipinski definition) is 3. The molecule has 1 aliphatic rings. The van der Waals surface area contributed by atoms with Gasteiger partial charge in [0.05, 0.1) is 4.90 Å². The second kappa shape index (κ2) is 8.69. The quantitative estimate of drug-likeness (QED) is 0.686. The van der Waals surface area contributed by atoms with Gasteiger partial charge in [0.1, 0.15) is 0 Å². The first-order valence-corrected chi connectivity index (χ1v) is 10.4. The highest BCUT2D eigenvalue weighted by molar-refractivity contribution is 7.89. The molecule has 0 atom stereocenters. The molecule has 23 heavy (non-hydrogen) atoms. The predicted molar refractivity (Wildman–Crippen MR) is 96.5 cm³/mol. The van der Waals surface area contributed by atoms with Crippen LogP contribution in [0.25, 0.3) is 0 Å². The number of rotatable bonds is 9. The maximum atomic E-state index is 12.9. The molecule has 1 aromatic carbocycles. The van der Waals surface area contributed by atoms with Crippen LogP contribution in [0.3, 0.4) is 0 Å². The molecule has 0 bridgehead atoms. The van der Waals surface area contributed by atoms with E-state index in [0.717, 1.165) is 44.5 Å². The van der Waals surface area contributed by atoms with Gasteiger partial charge in [0, 0.05) is 31.9 Å².